The van der Waals surface area contributed by atoms with Crippen LogP contribution >= 0.6 is 0 Å². The molecule has 1 aromatic heterocycles. The van der Waals surface area contributed by atoms with E-state index in [0.717, 1.165) is 11.4 Å². The molecule has 0 aliphatic heterocycles. The summed E-state index contributed by atoms with van der Waals surface area (Å²) in [5, 5.41) is 6.79. The van der Waals surface area contributed by atoms with Gasteiger partial charge >= 0.3 is 0 Å². The second-order valence-electron chi connectivity index (χ2n) is 4.63. The van der Waals surface area contributed by atoms with E-state index in [1.807, 2.05) is 25.1 Å². The number of carbonyl (C=O) groups excluding carboxylic acids is 1. The van der Waals surface area contributed by atoms with Crippen LogP contribution < -0.4 is 0 Å². The number of methoxy groups -OCH3 is 1. The van der Waals surface area contributed by atoms with Crippen molar-refractivity contribution in [1.82, 2.24) is 20.1 Å². The van der Waals surface area contributed by atoms with Crippen molar-refractivity contribution in [1.29, 1.82) is 0 Å². The van der Waals surface area contributed by atoms with E-state index in [1.54, 1.807) is 25.1 Å². The number of aryl methyl sites for hydroxylation is 1. The molecule has 0 aliphatic carbocycles. The Balaban J connectivity index is 2.07. The summed E-state index contributed by atoms with van der Waals surface area (Å²) in [4.78, 5) is 18.1. The van der Waals surface area contributed by atoms with Crippen molar-refractivity contribution in [3.63, 3.8) is 0 Å². The van der Waals surface area contributed by atoms with Gasteiger partial charge in [-0.05, 0) is 24.6 Å². The topological polar surface area (TPSA) is 71.1 Å². The lowest BCUT2D eigenvalue weighted by Gasteiger charge is -2.15. The summed E-state index contributed by atoms with van der Waals surface area (Å²) in [5.74, 6) is 1.28. The predicted molar refractivity (Wildman–Crippen MR) is 74.1 cm³/mol. The van der Waals surface area contributed by atoms with Crippen molar-refractivity contribution >= 4 is 5.91 Å². The van der Waals surface area contributed by atoms with E-state index in [0.29, 0.717) is 24.5 Å². The molecule has 0 atom stereocenters. The molecular formula is C14H18N4O2. The molecule has 0 aliphatic rings. The number of benzene rings is 1. The zero-order valence-electron chi connectivity index (χ0n) is 11.9. The number of hydrogen-bond donors (Lipinski definition) is 1. The molecule has 1 aromatic carbocycles. The van der Waals surface area contributed by atoms with Gasteiger partial charge in [-0.1, -0.05) is 12.1 Å². The van der Waals surface area contributed by atoms with Gasteiger partial charge < -0.3 is 9.64 Å². The van der Waals surface area contributed by atoms with Gasteiger partial charge in [0.05, 0.1) is 13.2 Å². The van der Waals surface area contributed by atoms with Gasteiger partial charge in [0.2, 0.25) is 0 Å². The Kier molecular flexibility index (Phi) is 4.47. The molecule has 0 radical (unpaired) electrons. The first-order chi connectivity index (χ1) is 9.60. The Morgan fingerprint density at radius 1 is 1.45 bits per heavy atom. The highest BCUT2D eigenvalue weighted by atomic mass is 16.5. The van der Waals surface area contributed by atoms with Gasteiger partial charge in [-0.3, -0.25) is 9.89 Å². The number of aromatic nitrogens is 3. The van der Waals surface area contributed by atoms with Gasteiger partial charge in [0.1, 0.15) is 5.82 Å². The summed E-state index contributed by atoms with van der Waals surface area (Å²) in [6.07, 6.45) is 0. The normalized spacial score (nSPS) is 10.6. The van der Waals surface area contributed by atoms with E-state index in [2.05, 4.69) is 15.2 Å². The quantitative estimate of drug-likeness (QED) is 0.897. The predicted octanol–water partition coefficient (Wildman–Crippen LogP) is 1.53. The highest BCUT2D eigenvalue weighted by molar-refractivity contribution is 5.94. The molecule has 106 valence electrons. The molecule has 20 heavy (non-hydrogen) atoms. The van der Waals surface area contributed by atoms with Crippen LogP contribution in [0.15, 0.2) is 24.3 Å². The zero-order valence-corrected chi connectivity index (χ0v) is 11.9. The number of nitrogens with one attached hydrogen (secondary N) is 1. The SMILES string of the molecule is COCc1cccc(C(=O)N(C)Cc2n[nH]c(C)n2)c1. The summed E-state index contributed by atoms with van der Waals surface area (Å²) in [6.45, 7) is 2.69. The van der Waals surface area contributed by atoms with E-state index in [4.69, 9.17) is 4.74 Å². The maximum atomic E-state index is 12.3. The third kappa shape index (κ3) is 3.42. The maximum absolute atomic E-state index is 12.3. The minimum atomic E-state index is -0.0644. The number of rotatable bonds is 5. The number of amides is 1. The number of hydrogen-bond acceptors (Lipinski definition) is 4. The standard InChI is InChI=1S/C14H18N4O2/c1-10-15-13(17-16-10)8-18(2)14(19)12-6-4-5-11(7-12)9-20-3/h4-7H,8-9H2,1-3H3,(H,15,16,17). The molecule has 1 amide bonds. The minimum Gasteiger partial charge on any atom is -0.380 e. The van der Waals surface area contributed by atoms with Crippen LogP contribution in [0.4, 0.5) is 0 Å². The monoisotopic (exact) mass is 274 g/mol. The van der Waals surface area contributed by atoms with Crippen LogP contribution in [0.1, 0.15) is 27.6 Å². The molecule has 2 rings (SSSR count). The number of nitrogens with zero attached hydrogens (tertiary/aromatic N) is 3. The van der Waals surface area contributed by atoms with E-state index in [-0.39, 0.29) is 5.91 Å². The van der Waals surface area contributed by atoms with E-state index >= 15 is 0 Å². The Bertz CT molecular complexity index is 594. The summed E-state index contributed by atoms with van der Waals surface area (Å²) >= 11 is 0. The Hall–Kier alpha value is -2.21. The second-order valence-corrected chi connectivity index (χ2v) is 4.63. The molecule has 1 heterocycles. The first-order valence-electron chi connectivity index (χ1n) is 6.31. The zero-order chi connectivity index (χ0) is 14.5. The van der Waals surface area contributed by atoms with Crippen LogP contribution in [0.3, 0.4) is 0 Å². The molecule has 0 bridgehead atoms. The lowest BCUT2D eigenvalue weighted by atomic mass is 10.1. The average Bonchev–Trinajstić information content (AvgIpc) is 2.84. The van der Waals surface area contributed by atoms with Crippen molar-refractivity contribution in [3.05, 3.63) is 47.0 Å². The van der Waals surface area contributed by atoms with Crippen molar-refractivity contribution in [2.45, 2.75) is 20.1 Å². The van der Waals surface area contributed by atoms with Crippen molar-refractivity contribution < 1.29 is 9.53 Å². The maximum Gasteiger partial charge on any atom is 0.254 e. The van der Waals surface area contributed by atoms with Gasteiger partial charge in [0, 0.05) is 19.7 Å². The molecule has 0 spiro atoms. The summed E-state index contributed by atoms with van der Waals surface area (Å²) < 4.78 is 5.07. The molecule has 0 saturated carbocycles. The van der Waals surface area contributed by atoms with Crippen LogP contribution in [0.2, 0.25) is 0 Å². The summed E-state index contributed by atoms with van der Waals surface area (Å²) in [6, 6.07) is 7.41. The molecule has 1 N–H and O–H groups in total. The third-order valence-electron chi connectivity index (χ3n) is 2.85. The summed E-state index contributed by atoms with van der Waals surface area (Å²) in [5.41, 5.74) is 1.61. The number of carbonyl (C=O) groups is 1. The molecule has 6 heteroatoms. The molecule has 0 unspecified atom stereocenters. The lowest BCUT2D eigenvalue weighted by molar-refractivity contribution is 0.0781. The van der Waals surface area contributed by atoms with Crippen molar-refractivity contribution in [2.24, 2.45) is 0 Å². The van der Waals surface area contributed by atoms with Gasteiger partial charge in [0.25, 0.3) is 5.91 Å². The van der Waals surface area contributed by atoms with Gasteiger partial charge in [-0.15, -0.1) is 0 Å². The van der Waals surface area contributed by atoms with Crippen molar-refractivity contribution in [2.75, 3.05) is 14.2 Å². The second kappa shape index (κ2) is 6.29. The third-order valence-corrected chi connectivity index (χ3v) is 2.85. The smallest absolute Gasteiger partial charge is 0.254 e. The van der Waals surface area contributed by atoms with Crippen LogP contribution in [0.25, 0.3) is 0 Å². The molecule has 0 fully saturated rings. The number of H-pyrrole nitrogens is 1. The fourth-order valence-electron chi connectivity index (χ4n) is 1.92. The van der Waals surface area contributed by atoms with Crippen LogP contribution in [-0.4, -0.2) is 40.1 Å². The number of aromatic amines is 1. The number of ether oxygens (including phenoxy) is 1. The van der Waals surface area contributed by atoms with Gasteiger partial charge in [-0.25, -0.2) is 4.98 Å². The first kappa shape index (κ1) is 14.2. The highest BCUT2D eigenvalue weighted by Crippen LogP contribution is 2.10. The fourth-order valence-corrected chi connectivity index (χ4v) is 1.92. The minimum absolute atomic E-state index is 0.0644. The molecular weight excluding hydrogens is 256 g/mol. The Morgan fingerprint density at radius 3 is 2.90 bits per heavy atom. The van der Waals surface area contributed by atoms with Gasteiger partial charge in [-0.2, -0.15) is 5.10 Å². The summed E-state index contributed by atoms with van der Waals surface area (Å²) in [7, 11) is 3.36. The highest BCUT2D eigenvalue weighted by Gasteiger charge is 2.14. The average molecular weight is 274 g/mol. The van der Waals surface area contributed by atoms with Crippen LogP contribution in [0.5, 0.6) is 0 Å². The molecule has 2 aromatic rings. The van der Waals surface area contributed by atoms with Crippen LogP contribution in [-0.2, 0) is 17.9 Å². The Labute approximate surface area is 117 Å². The van der Waals surface area contributed by atoms with E-state index in [9.17, 15) is 4.79 Å². The lowest BCUT2D eigenvalue weighted by Crippen LogP contribution is -2.26. The van der Waals surface area contributed by atoms with Gasteiger partial charge in [0.15, 0.2) is 5.82 Å². The van der Waals surface area contributed by atoms with E-state index in [1.165, 1.54) is 0 Å². The largest absolute Gasteiger partial charge is 0.380 e. The fraction of sp³-hybridized carbons (Fsp3) is 0.357. The van der Waals surface area contributed by atoms with Crippen LogP contribution in [0, 0.1) is 6.92 Å². The molecule has 6 nitrogen and oxygen atoms in total. The first-order valence-corrected chi connectivity index (χ1v) is 6.31. The Morgan fingerprint density at radius 2 is 2.25 bits per heavy atom. The van der Waals surface area contributed by atoms with Crippen molar-refractivity contribution in [3.8, 4) is 0 Å². The molecule has 0 saturated heterocycles. The van der Waals surface area contributed by atoms with E-state index < -0.39 is 0 Å².